The first-order valence-corrected chi connectivity index (χ1v) is 6.34. The zero-order chi connectivity index (χ0) is 13.1. The number of aromatic nitrogens is 3. The molecular formula is C12H13Cl2N3O. The van der Waals surface area contributed by atoms with E-state index in [0.29, 0.717) is 23.4 Å². The van der Waals surface area contributed by atoms with E-state index in [2.05, 4.69) is 10.1 Å². The lowest BCUT2D eigenvalue weighted by atomic mass is 10.3. The SMILES string of the molecule is Cc1nn(C)c(Cl)c1COc1ccc(CCl)nc1. The van der Waals surface area contributed by atoms with E-state index in [4.69, 9.17) is 27.9 Å². The van der Waals surface area contributed by atoms with Gasteiger partial charge in [0, 0.05) is 12.6 Å². The van der Waals surface area contributed by atoms with E-state index in [-0.39, 0.29) is 0 Å². The molecule has 0 fully saturated rings. The predicted octanol–water partition coefficient (Wildman–Crippen LogP) is 3.09. The van der Waals surface area contributed by atoms with Crippen molar-refractivity contribution in [1.82, 2.24) is 14.8 Å². The first kappa shape index (κ1) is 13.2. The van der Waals surface area contributed by atoms with Crippen LogP contribution in [-0.4, -0.2) is 14.8 Å². The molecule has 96 valence electrons. The van der Waals surface area contributed by atoms with E-state index in [1.165, 1.54) is 0 Å². The van der Waals surface area contributed by atoms with Gasteiger partial charge in [0.15, 0.2) is 0 Å². The number of rotatable bonds is 4. The summed E-state index contributed by atoms with van der Waals surface area (Å²) >= 11 is 11.8. The lowest BCUT2D eigenvalue weighted by Gasteiger charge is -2.06. The maximum atomic E-state index is 6.12. The summed E-state index contributed by atoms with van der Waals surface area (Å²) in [6.45, 7) is 2.28. The first-order chi connectivity index (χ1) is 8.61. The Morgan fingerprint density at radius 2 is 2.17 bits per heavy atom. The van der Waals surface area contributed by atoms with Gasteiger partial charge in [0.1, 0.15) is 17.5 Å². The fraction of sp³-hybridized carbons (Fsp3) is 0.333. The summed E-state index contributed by atoms with van der Waals surface area (Å²) in [5.74, 6) is 1.08. The smallest absolute Gasteiger partial charge is 0.138 e. The second-order valence-electron chi connectivity index (χ2n) is 3.89. The second-order valence-corrected chi connectivity index (χ2v) is 4.51. The molecule has 4 nitrogen and oxygen atoms in total. The molecule has 0 aliphatic carbocycles. The largest absolute Gasteiger partial charge is 0.487 e. The van der Waals surface area contributed by atoms with E-state index in [1.54, 1.807) is 17.9 Å². The number of aryl methyl sites for hydroxylation is 2. The van der Waals surface area contributed by atoms with Crippen molar-refractivity contribution in [2.24, 2.45) is 7.05 Å². The number of ether oxygens (including phenoxy) is 1. The van der Waals surface area contributed by atoms with E-state index in [1.807, 2.05) is 19.1 Å². The predicted molar refractivity (Wildman–Crippen MR) is 71.1 cm³/mol. The Hall–Kier alpha value is -1.26. The average Bonchev–Trinajstić information content (AvgIpc) is 2.62. The molecule has 2 aromatic heterocycles. The van der Waals surface area contributed by atoms with Crippen molar-refractivity contribution in [1.29, 1.82) is 0 Å². The fourth-order valence-corrected chi connectivity index (χ4v) is 1.96. The van der Waals surface area contributed by atoms with Crippen LogP contribution < -0.4 is 4.74 Å². The summed E-state index contributed by atoms with van der Waals surface area (Å²) in [6, 6.07) is 3.67. The van der Waals surface area contributed by atoms with Crippen LogP contribution in [0.15, 0.2) is 18.3 Å². The third-order valence-electron chi connectivity index (χ3n) is 2.59. The van der Waals surface area contributed by atoms with Crippen molar-refractivity contribution in [3.05, 3.63) is 40.4 Å². The molecule has 0 saturated carbocycles. The van der Waals surface area contributed by atoms with Crippen LogP contribution in [0.5, 0.6) is 5.75 Å². The average molecular weight is 286 g/mol. The molecule has 0 aromatic carbocycles. The number of alkyl halides is 1. The molecule has 2 aromatic rings. The molecule has 0 saturated heterocycles. The van der Waals surface area contributed by atoms with E-state index in [9.17, 15) is 0 Å². The van der Waals surface area contributed by atoms with Gasteiger partial charge in [-0.1, -0.05) is 11.6 Å². The first-order valence-electron chi connectivity index (χ1n) is 5.43. The summed E-state index contributed by atoms with van der Waals surface area (Å²) in [5, 5.41) is 4.82. The van der Waals surface area contributed by atoms with E-state index < -0.39 is 0 Å². The Morgan fingerprint density at radius 3 is 2.67 bits per heavy atom. The maximum absolute atomic E-state index is 6.12. The summed E-state index contributed by atoms with van der Waals surface area (Å²) < 4.78 is 7.25. The van der Waals surface area contributed by atoms with Crippen LogP contribution >= 0.6 is 23.2 Å². The van der Waals surface area contributed by atoms with Gasteiger partial charge in [-0.15, -0.1) is 11.6 Å². The minimum Gasteiger partial charge on any atom is -0.487 e. The van der Waals surface area contributed by atoms with Gasteiger partial charge in [-0.2, -0.15) is 5.10 Å². The van der Waals surface area contributed by atoms with Crippen LogP contribution in [0.25, 0.3) is 0 Å². The van der Waals surface area contributed by atoms with Gasteiger partial charge < -0.3 is 4.74 Å². The van der Waals surface area contributed by atoms with Crippen LogP contribution in [0.3, 0.4) is 0 Å². The van der Waals surface area contributed by atoms with Crippen LogP contribution in [0.1, 0.15) is 17.0 Å². The highest BCUT2D eigenvalue weighted by molar-refractivity contribution is 6.30. The minimum absolute atomic E-state index is 0.375. The van der Waals surface area contributed by atoms with Crippen LogP contribution in [0, 0.1) is 6.92 Å². The molecule has 0 bridgehead atoms. The van der Waals surface area contributed by atoms with Crippen molar-refractivity contribution >= 4 is 23.2 Å². The zero-order valence-corrected chi connectivity index (χ0v) is 11.7. The Morgan fingerprint density at radius 1 is 1.39 bits per heavy atom. The molecular weight excluding hydrogens is 273 g/mol. The quantitative estimate of drug-likeness (QED) is 0.811. The molecule has 6 heteroatoms. The maximum Gasteiger partial charge on any atom is 0.138 e. The number of nitrogens with zero attached hydrogens (tertiary/aromatic N) is 3. The highest BCUT2D eigenvalue weighted by atomic mass is 35.5. The van der Waals surface area contributed by atoms with Gasteiger partial charge in [0.2, 0.25) is 0 Å². The molecule has 0 aliphatic heterocycles. The van der Waals surface area contributed by atoms with E-state index in [0.717, 1.165) is 17.0 Å². The molecule has 0 radical (unpaired) electrons. The molecule has 0 atom stereocenters. The molecule has 0 unspecified atom stereocenters. The van der Waals surface area contributed by atoms with Crippen molar-refractivity contribution in [2.45, 2.75) is 19.4 Å². The number of pyridine rings is 1. The highest BCUT2D eigenvalue weighted by Crippen LogP contribution is 2.21. The topological polar surface area (TPSA) is 39.9 Å². The Kier molecular flexibility index (Phi) is 4.09. The van der Waals surface area contributed by atoms with Crippen LogP contribution in [-0.2, 0) is 19.5 Å². The third-order valence-corrected chi connectivity index (χ3v) is 3.33. The molecule has 2 heterocycles. The summed E-state index contributed by atoms with van der Waals surface area (Å²) in [5.41, 5.74) is 2.58. The fourth-order valence-electron chi connectivity index (χ4n) is 1.57. The summed E-state index contributed by atoms with van der Waals surface area (Å²) in [7, 11) is 1.80. The molecule has 18 heavy (non-hydrogen) atoms. The van der Waals surface area contributed by atoms with Crippen LogP contribution in [0.2, 0.25) is 5.15 Å². The Balaban J connectivity index is 2.06. The van der Waals surface area contributed by atoms with Gasteiger partial charge in [-0.05, 0) is 19.1 Å². The van der Waals surface area contributed by atoms with Gasteiger partial charge in [-0.3, -0.25) is 9.67 Å². The normalized spacial score (nSPS) is 10.7. The molecule has 0 spiro atoms. The van der Waals surface area contributed by atoms with Crippen molar-refractivity contribution in [3.8, 4) is 5.75 Å². The Bertz CT molecular complexity index is 537. The van der Waals surface area contributed by atoms with Crippen molar-refractivity contribution < 1.29 is 4.74 Å². The lowest BCUT2D eigenvalue weighted by Crippen LogP contribution is -1.98. The second kappa shape index (κ2) is 5.59. The number of halogens is 2. The van der Waals surface area contributed by atoms with E-state index >= 15 is 0 Å². The van der Waals surface area contributed by atoms with Crippen molar-refractivity contribution in [3.63, 3.8) is 0 Å². The highest BCUT2D eigenvalue weighted by Gasteiger charge is 2.11. The zero-order valence-electron chi connectivity index (χ0n) is 10.2. The number of hydrogen-bond donors (Lipinski definition) is 0. The summed E-state index contributed by atoms with van der Waals surface area (Å²) in [4.78, 5) is 4.15. The third kappa shape index (κ3) is 2.76. The lowest BCUT2D eigenvalue weighted by molar-refractivity contribution is 0.304. The van der Waals surface area contributed by atoms with Gasteiger partial charge in [0.05, 0.1) is 23.5 Å². The molecule has 0 N–H and O–H groups in total. The standard InChI is InChI=1S/C12H13Cl2N3O/c1-8-11(12(14)17(2)16-8)7-18-10-4-3-9(5-13)15-6-10/h3-4,6H,5,7H2,1-2H3. The van der Waals surface area contributed by atoms with Gasteiger partial charge in [-0.25, -0.2) is 0 Å². The van der Waals surface area contributed by atoms with Gasteiger partial charge in [0.25, 0.3) is 0 Å². The summed E-state index contributed by atoms with van der Waals surface area (Å²) in [6.07, 6.45) is 1.65. The minimum atomic E-state index is 0.375. The number of hydrogen-bond acceptors (Lipinski definition) is 3. The monoisotopic (exact) mass is 285 g/mol. The van der Waals surface area contributed by atoms with Crippen LogP contribution in [0.4, 0.5) is 0 Å². The molecule has 0 amide bonds. The van der Waals surface area contributed by atoms with Crippen molar-refractivity contribution in [2.75, 3.05) is 0 Å². The van der Waals surface area contributed by atoms with Gasteiger partial charge >= 0.3 is 0 Å². The molecule has 2 rings (SSSR count). The molecule has 0 aliphatic rings. The Labute approximate surface area is 115 Å².